The summed E-state index contributed by atoms with van der Waals surface area (Å²) in [5.74, 6) is -1.35. The van der Waals surface area contributed by atoms with Crippen LogP contribution in [0.5, 0.6) is 0 Å². The number of hydrogen-bond acceptors (Lipinski definition) is 3. The van der Waals surface area contributed by atoms with Gasteiger partial charge >= 0.3 is 6.18 Å². The summed E-state index contributed by atoms with van der Waals surface area (Å²) in [6.45, 7) is 1.48. The Labute approximate surface area is 147 Å². The average molecular weight is 374 g/mol. The maximum absolute atomic E-state index is 14.3. The van der Waals surface area contributed by atoms with E-state index in [0.717, 1.165) is 12.1 Å². The minimum Gasteiger partial charge on any atom is -0.333 e. The minimum atomic E-state index is -4.80. The van der Waals surface area contributed by atoms with Crippen LogP contribution in [0.25, 0.3) is 11.3 Å². The molecule has 2 heterocycles. The van der Waals surface area contributed by atoms with Gasteiger partial charge in [0.15, 0.2) is 0 Å². The number of hydrogen-bond donors (Lipinski definition) is 2. The second kappa shape index (κ2) is 7.32. The highest BCUT2D eigenvalue weighted by molar-refractivity contribution is 5.60. The lowest BCUT2D eigenvalue weighted by molar-refractivity contribution is -0.139. The molecular formula is C17H19F5N4. The van der Waals surface area contributed by atoms with Crippen LogP contribution in [0, 0.1) is 5.82 Å². The summed E-state index contributed by atoms with van der Waals surface area (Å²) >= 11 is 0. The SMILES string of the molecule is NCCn1cc(-c2ccc(F)c(C(F)(F)F)c2)nc1C1CCNCC1F. The Kier molecular flexibility index (Phi) is 5.29. The van der Waals surface area contributed by atoms with Crippen LogP contribution in [0.15, 0.2) is 24.4 Å². The molecule has 0 radical (unpaired) electrons. The predicted octanol–water partition coefficient (Wildman–Crippen LogP) is 3.08. The third-order valence-corrected chi connectivity index (χ3v) is 4.48. The average Bonchev–Trinajstić information content (AvgIpc) is 2.99. The molecule has 2 aromatic rings. The zero-order chi connectivity index (χ0) is 18.9. The number of benzene rings is 1. The first kappa shape index (κ1) is 18.8. The van der Waals surface area contributed by atoms with Crippen LogP contribution in [0.2, 0.25) is 0 Å². The highest BCUT2D eigenvalue weighted by Gasteiger charge is 2.35. The fourth-order valence-corrected chi connectivity index (χ4v) is 3.20. The summed E-state index contributed by atoms with van der Waals surface area (Å²) in [6.07, 6.45) is -3.87. The third kappa shape index (κ3) is 3.73. The van der Waals surface area contributed by atoms with Gasteiger partial charge in [-0.3, -0.25) is 0 Å². The second-order valence-electron chi connectivity index (χ2n) is 6.27. The van der Waals surface area contributed by atoms with Crippen LogP contribution in [0.1, 0.15) is 23.7 Å². The zero-order valence-corrected chi connectivity index (χ0v) is 13.9. The van der Waals surface area contributed by atoms with Gasteiger partial charge < -0.3 is 15.6 Å². The van der Waals surface area contributed by atoms with Crippen LogP contribution in [-0.4, -0.2) is 35.4 Å². The van der Waals surface area contributed by atoms with Gasteiger partial charge in [-0.15, -0.1) is 0 Å². The number of nitrogens with two attached hydrogens (primary N) is 1. The molecule has 2 unspecified atom stereocenters. The van der Waals surface area contributed by atoms with Crippen molar-refractivity contribution in [2.45, 2.75) is 31.2 Å². The number of halogens is 5. The molecule has 1 aromatic heterocycles. The van der Waals surface area contributed by atoms with E-state index in [1.54, 1.807) is 10.8 Å². The van der Waals surface area contributed by atoms with Crippen molar-refractivity contribution in [3.63, 3.8) is 0 Å². The number of imidazole rings is 1. The monoisotopic (exact) mass is 374 g/mol. The van der Waals surface area contributed by atoms with Gasteiger partial charge in [-0.2, -0.15) is 13.2 Å². The molecule has 0 amide bonds. The van der Waals surface area contributed by atoms with Gasteiger partial charge in [-0.05, 0) is 31.2 Å². The van der Waals surface area contributed by atoms with E-state index >= 15 is 0 Å². The van der Waals surface area contributed by atoms with Crippen molar-refractivity contribution in [1.82, 2.24) is 14.9 Å². The molecule has 0 aliphatic carbocycles. The largest absolute Gasteiger partial charge is 0.419 e. The number of aromatic nitrogens is 2. The standard InChI is InChI=1S/C17H19F5N4/c18-13-2-1-10(7-12(13)17(20,21)22)15-9-26(6-4-23)16(25-15)11-3-5-24-8-14(11)19/h1-2,7,9,11,14,24H,3-6,8,23H2. The molecule has 0 saturated carbocycles. The summed E-state index contributed by atoms with van der Waals surface area (Å²) in [7, 11) is 0. The van der Waals surface area contributed by atoms with Gasteiger partial charge in [-0.25, -0.2) is 13.8 Å². The smallest absolute Gasteiger partial charge is 0.333 e. The molecule has 0 bridgehead atoms. The fraction of sp³-hybridized carbons (Fsp3) is 0.471. The lowest BCUT2D eigenvalue weighted by Crippen LogP contribution is -2.38. The Bertz CT molecular complexity index is 771. The number of piperidine rings is 1. The molecule has 3 rings (SSSR count). The molecule has 1 saturated heterocycles. The first-order valence-corrected chi connectivity index (χ1v) is 8.30. The van der Waals surface area contributed by atoms with Crippen molar-refractivity contribution in [3.8, 4) is 11.3 Å². The lowest BCUT2D eigenvalue weighted by atomic mass is 9.95. The Morgan fingerprint density at radius 3 is 2.73 bits per heavy atom. The number of nitrogens with one attached hydrogen (secondary N) is 1. The van der Waals surface area contributed by atoms with E-state index in [2.05, 4.69) is 10.3 Å². The van der Waals surface area contributed by atoms with Crippen LogP contribution < -0.4 is 11.1 Å². The van der Waals surface area contributed by atoms with Crippen LogP contribution in [0.4, 0.5) is 22.0 Å². The molecule has 4 nitrogen and oxygen atoms in total. The molecule has 9 heteroatoms. The van der Waals surface area contributed by atoms with Crippen LogP contribution in [0.3, 0.4) is 0 Å². The number of rotatable bonds is 4. The van der Waals surface area contributed by atoms with Gasteiger partial charge in [-0.1, -0.05) is 0 Å². The highest BCUT2D eigenvalue weighted by Crippen LogP contribution is 2.35. The summed E-state index contributed by atoms with van der Waals surface area (Å²) in [4.78, 5) is 4.38. The molecule has 26 heavy (non-hydrogen) atoms. The molecule has 142 valence electrons. The predicted molar refractivity (Wildman–Crippen MR) is 86.8 cm³/mol. The van der Waals surface area contributed by atoms with Gasteiger partial charge in [0.25, 0.3) is 0 Å². The summed E-state index contributed by atoms with van der Waals surface area (Å²) in [5, 5.41) is 2.95. The van der Waals surface area contributed by atoms with Crippen LogP contribution >= 0.6 is 0 Å². The third-order valence-electron chi connectivity index (χ3n) is 4.48. The topological polar surface area (TPSA) is 55.9 Å². The summed E-state index contributed by atoms with van der Waals surface area (Å²) < 4.78 is 68.3. The van der Waals surface area contributed by atoms with Crippen LogP contribution in [-0.2, 0) is 12.7 Å². The molecule has 3 N–H and O–H groups in total. The number of alkyl halides is 4. The molecule has 1 fully saturated rings. The Hall–Kier alpha value is -2.00. The van der Waals surface area contributed by atoms with Crippen molar-refractivity contribution < 1.29 is 22.0 Å². The van der Waals surface area contributed by atoms with Gasteiger partial charge in [0, 0.05) is 31.4 Å². The molecule has 1 aromatic carbocycles. The van der Waals surface area contributed by atoms with E-state index in [4.69, 9.17) is 5.73 Å². The van der Waals surface area contributed by atoms with Crippen molar-refractivity contribution >= 4 is 0 Å². The van der Waals surface area contributed by atoms with Gasteiger partial charge in [0.05, 0.1) is 17.2 Å². The molecule has 2 atom stereocenters. The second-order valence-corrected chi connectivity index (χ2v) is 6.27. The Morgan fingerprint density at radius 2 is 2.08 bits per heavy atom. The first-order valence-electron chi connectivity index (χ1n) is 8.30. The normalized spacial score (nSPS) is 21.2. The van der Waals surface area contributed by atoms with Crippen molar-refractivity contribution in [2.75, 3.05) is 19.6 Å². The molecule has 1 aliphatic rings. The maximum Gasteiger partial charge on any atom is 0.419 e. The van der Waals surface area contributed by atoms with Crippen molar-refractivity contribution in [1.29, 1.82) is 0 Å². The lowest BCUT2D eigenvalue weighted by Gasteiger charge is -2.26. The van der Waals surface area contributed by atoms with E-state index in [1.165, 1.54) is 6.07 Å². The summed E-state index contributed by atoms with van der Waals surface area (Å²) in [5.41, 5.74) is 4.60. The van der Waals surface area contributed by atoms with Gasteiger partial charge in [0.1, 0.15) is 17.8 Å². The zero-order valence-electron chi connectivity index (χ0n) is 13.9. The minimum absolute atomic E-state index is 0.125. The quantitative estimate of drug-likeness (QED) is 0.809. The summed E-state index contributed by atoms with van der Waals surface area (Å²) in [6, 6.07) is 2.73. The first-order chi connectivity index (χ1) is 12.3. The Balaban J connectivity index is 2.02. The van der Waals surface area contributed by atoms with Crippen molar-refractivity contribution in [2.24, 2.45) is 5.73 Å². The van der Waals surface area contributed by atoms with Gasteiger partial charge in [0.2, 0.25) is 0 Å². The Morgan fingerprint density at radius 1 is 1.31 bits per heavy atom. The molecular weight excluding hydrogens is 355 g/mol. The van der Waals surface area contributed by atoms with E-state index in [-0.39, 0.29) is 24.3 Å². The molecule has 1 aliphatic heterocycles. The maximum atomic E-state index is 14.3. The van der Waals surface area contributed by atoms with E-state index in [0.29, 0.717) is 25.3 Å². The van der Waals surface area contributed by atoms with E-state index < -0.39 is 29.6 Å². The highest BCUT2D eigenvalue weighted by atomic mass is 19.4. The molecule has 0 spiro atoms. The van der Waals surface area contributed by atoms with Crippen molar-refractivity contribution in [3.05, 3.63) is 41.6 Å². The van der Waals surface area contributed by atoms with E-state index in [9.17, 15) is 22.0 Å². The van der Waals surface area contributed by atoms with E-state index in [1.807, 2.05) is 0 Å². The fourth-order valence-electron chi connectivity index (χ4n) is 3.20. The number of nitrogens with zero attached hydrogens (tertiary/aromatic N) is 2.